The number of carbonyl (C=O) groups is 1. The van der Waals surface area contributed by atoms with Crippen molar-refractivity contribution in [1.29, 1.82) is 0 Å². The van der Waals surface area contributed by atoms with Crippen LogP contribution in [0.1, 0.15) is 43.5 Å². The van der Waals surface area contributed by atoms with E-state index in [-0.39, 0.29) is 17.0 Å². The molecule has 0 aliphatic rings. The summed E-state index contributed by atoms with van der Waals surface area (Å²) in [6, 6.07) is 10.4. The summed E-state index contributed by atoms with van der Waals surface area (Å²) in [5.74, 6) is 1.60. The second kappa shape index (κ2) is 15.3. The van der Waals surface area contributed by atoms with E-state index in [9.17, 15) is 4.79 Å². The summed E-state index contributed by atoms with van der Waals surface area (Å²) in [6.07, 6.45) is 4.00. The molecule has 0 bridgehead atoms. The summed E-state index contributed by atoms with van der Waals surface area (Å²) in [4.78, 5) is 14.5. The lowest BCUT2D eigenvalue weighted by Crippen LogP contribution is -2.32. The van der Waals surface area contributed by atoms with Gasteiger partial charge in [-0.05, 0) is 43.2 Å². The van der Waals surface area contributed by atoms with E-state index in [1.54, 1.807) is 24.3 Å². The normalized spacial score (nSPS) is 10.5. The van der Waals surface area contributed by atoms with E-state index in [4.69, 9.17) is 60.6 Å². The highest BCUT2D eigenvalue weighted by Gasteiger charge is 2.14. The lowest BCUT2D eigenvalue weighted by Gasteiger charge is -2.21. The van der Waals surface area contributed by atoms with Crippen LogP contribution >= 0.6 is 46.4 Å². The van der Waals surface area contributed by atoms with Crippen LogP contribution < -0.4 is 14.2 Å². The summed E-state index contributed by atoms with van der Waals surface area (Å²) in [5, 5.41) is 0.676. The molecule has 0 spiro atoms. The van der Waals surface area contributed by atoms with Crippen molar-refractivity contribution in [3.63, 3.8) is 0 Å². The molecule has 0 aliphatic heterocycles. The number of nitrogens with zero attached hydrogens (tertiary/aromatic N) is 1. The fraction of sp³-hybridized carbons (Fsp3) is 0.400. The monoisotopic (exact) mass is 547 g/mol. The Morgan fingerprint density at radius 1 is 0.882 bits per heavy atom. The molecule has 0 fully saturated rings. The Bertz CT molecular complexity index is 917. The summed E-state index contributed by atoms with van der Waals surface area (Å²) in [5.41, 5.74) is 0.663. The van der Waals surface area contributed by atoms with Gasteiger partial charge in [-0.2, -0.15) is 0 Å². The first-order valence-corrected chi connectivity index (χ1v) is 12.6. The second-order valence-corrected chi connectivity index (χ2v) is 9.21. The third kappa shape index (κ3) is 9.46. The van der Waals surface area contributed by atoms with Crippen molar-refractivity contribution in [2.24, 2.45) is 0 Å². The van der Waals surface area contributed by atoms with Gasteiger partial charge in [0.25, 0.3) is 5.91 Å². The first-order valence-electron chi connectivity index (χ1n) is 11.1. The van der Waals surface area contributed by atoms with Crippen molar-refractivity contribution in [2.75, 3.05) is 32.9 Å². The standard InChI is InChI=1S/C25H29Cl4NO4/c1-3-11-30(12-4-2)25(31)18-6-8-19(9-7-18)32-13-5-14-34-24-21(26)16-20(17-22(24)27)33-15-10-23(28)29/h6-10,16-17H,3-5,11-15H2,1-2H3. The minimum Gasteiger partial charge on any atom is -0.493 e. The van der Waals surface area contributed by atoms with Gasteiger partial charge < -0.3 is 19.1 Å². The molecule has 0 saturated carbocycles. The van der Waals surface area contributed by atoms with Gasteiger partial charge >= 0.3 is 0 Å². The Kier molecular flexibility index (Phi) is 12.8. The van der Waals surface area contributed by atoms with Crippen molar-refractivity contribution in [1.82, 2.24) is 4.90 Å². The zero-order valence-corrected chi connectivity index (χ0v) is 22.3. The molecule has 2 rings (SSSR count). The summed E-state index contributed by atoms with van der Waals surface area (Å²) >= 11 is 23.6. The predicted octanol–water partition coefficient (Wildman–Crippen LogP) is 7.80. The predicted molar refractivity (Wildman–Crippen MR) is 140 cm³/mol. The second-order valence-electron chi connectivity index (χ2n) is 7.39. The zero-order chi connectivity index (χ0) is 24.9. The van der Waals surface area contributed by atoms with Crippen LogP contribution in [0.4, 0.5) is 0 Å². The number of benzene rings is 2. The van der Waals surface area contributed by atoms with E-state index in [0.717, 1.165) is 25.9 Å². The third-order valence-corrected chi connectivity index (χ3v) is 5.51. The molecule has 5 nitrogen and oxygen atoms in total. The molecule has 2 aromatic rings. The van der Waals surface area contributed by atoms with Gasteiger partial charge in [-0.15, -0.1) is 0 Å². The highest BCUT2D eigenvalue weighted by molar-refractivity contribution is 6.55. The van der Waals surface area contributed by atoms with Crippen molar-refractivity contribution in [3.05, 3.63) is 62.6 Å². The van der Waals surface area contributed by atoms with Crippen LogP contribution in [0.25, 0.3) is 0 Å². The molecule has 0 atom stereocenters. The number of amides is 1. The minimum absolute atomic E-state index is 0.0492. The van der Waals surface area contributed by atoms with E-state index >= 15 is 0 Å². The third-order valence-electron chi connectivity index (χ3n) is 4.64. The van der Waals surface area contributed by atoms with Crippen molar-refractivity contribution in [3.8, 4) is 17.2 Å². The van der Waals surface area contributed by atoms with Gasteiger partial charge in [-0.1, -0.05) is 60.3 Å². The Morgan fingerprint density at radius 2 is 1.47 bits per heavy atom. The maximum atomic E-state index is 12.7. The molecule has 0 aliphatic carbocycles. The van der Waals surface area contributed by atoms with E-state index in [2.05, 4.69) is 13.8 Å². The molecule has 186 valence electrons. The quantitative estimate of drug-likeness (QED) is 0.226. The molecular formula is C25H29Cl4NO4. The topological polar surface area (TPSA) is 48.0 Å². The van der Waals surface area contributed by atoms with Gasteiger partial charge in [0.05, 0.1) is 23.3 Å². The maximum Gasteiger partial charge on any atom is 0.253 e. The number of hydrogen-bond donors (Lipinski definition) is 0. The fourth-order valence-electron chi connectivity index (χ4n) is 3.11. The lowest BCUT2D eigenvalue weighted by atomic mass is 10.2. The van der Waals surface area contributed by atoms with Gasteiger partial charge in [-0.25, -0.2) is 0 Å². The molecule has 0 unspecified atom stereocenters. The Balaban J connectivity index is 1.79. The largest absolute Gasteiger partial charge is 0.493 e. The molecular weight excluding hydrogens is 520 g/mol. The number of carbonyl (C=O) groups excluding carboxylic acids is 1. The van der Waals surface area contributed by atoms with Gasteiger partial charge in [0, 0.05) is 37.2 Å². The van der Waals surface area contributed by atoms with Crippen LogP contribution in [0.15, 0.2) is 47.0 Å². The van der Waals surface area contributed by atoms with Crippen molar-refractivity contribution in [2.45, 2.75) is 33.1 Å². The van der Waals surface area contributed by atoms with E-state index in [0.29, 0.717) is 52.5 Å². The molecule has 2 aromatic carbocycles. The average Bonchev–Trinajstić information content (AvgIpc) is 2.80. The number of hydrogen-bond acceptors (Lipinski definition) is 4. The van der Waals surface area contributed by atoms with Gasteiger partial charge in [0.1, 0.15) is 22.6 Å². The van der Waals surface area contributed by atoms with E-state index in [1.165, 1.54) is 6.08 Å². The van der Waals surface area contributed by atoms with E-state index in [1.807, 2.05) is 17.0 Å². The number of ether oxygens (including phenoxy) is 3. The van der Waals surface area contributed by atoms with Crippen LogP contribution in [-0.4, -0.2) is 43.7 Å². The minimum atomic E-state index is 0.0492. The summed E-state index contributed by atoms with van der Waals surface area (Å²) in [7, 11) is 0. The van der Waals surface area contributed by atoms with Crippen LogP contribution in [0, 0.1) is 0 Å². The average molecular weight is 549 g/mol. The first-order chi connectivity index (χ1) is 16.3. The first kappa shape index (κ1) is 28.4. The summed E-state index contributed by atoms with van der Waals surface area (Å²) in [6.45, 7) is 6.65. The zero-order valence-electron chi connectivity index (χ0n) is 19.3. The number of halogens is 4. The van der Waals surface area contributed by atoms with Crippen LogP contribution in [0.2, 0.25) is 10.0 Å². The van der Waals surface area contributed by atoms with Crippen LogP contribution in [0.5, 0.6) is 17.2 Å². The Labute approximate surface area is 221 Å². The van der Waals surface area contributed by atoms with Gasteiger partial charge in [0.15, 0.2) is 5.75 Å². The smallest absolute Gasteiger partial charge is 0.253 e. The summed E-state index contributed by atoms with van der Waals surface area (Å²) < 4.78 is 17.1. The Hall–Kier alpha value is -1.79. The SMILES string of the molecule is CCCN(CCC)C(=O)c1ccc(OCCCOc2c(Cl)cc(OCC=C(Cl)Cl)cc2Cl)cc1. The van der Waals surface area contributed by atoms with Crippen molar-refractivity contribution >= 4 is 52.3 Å². The molecule has 0 saturated heterocycles. The molecule has 0 heterocycles. The number of rotatable bonds is 14. The highest BCUT2D eigenvalue weighted by Crippen LogP contribution is 2.37. The molecule has 9 heteroatoms. The van der Waals surface area contributed by atoms with Gasteiger partial charge in [0.2, 0.25) is 0 Å². The molecule has 0 radical (unpaired) electrons. The molecule has 0 N–H and O–H groups in total. The van der Waals surface area contributed by atoms with Gasteiger partial charge in [-0.3, -0.25) is 4.79 Å². The van der Waals surface area contributed by atoms with E-state index < -0.39 is 0 Å². The van der Waals surface area contributed by atoms with Crippen LogP contribution in [0.3, 0.4) is 0 Å². The van der Waals surface area contributed by atoms with Crippen LogP contribution in [-0.2, 0) is 0 Å². The lowest BCUT2D eigenvalue weighted by molar-refractivity contribution is 0.0755. The fourth-order valence-corrected chi connectivity index (χ4v) is 3.82. The molecule has 0 aromatic heterocycles. The molecule has 34 heavy (non-hydrogen) atoms. The molecule has 1 amide bonds. The van der Waals surface area contributed by atoms with Crippen molar-refractivity contribution < 1.29 is 19.0 Å². The Morgan fingerprint density at radius 3 is 2.03 bits per heavy atom. The maximum absolute atomic E-state index is 12.7. The highest BCUT2D eigenvalue weighted by atomic mass is 35.5.